The van der Waals surface area contributed by atoms with Crippen LogP contribution in [0.2, 0.25) is 0 Å². The molecule has 0 unspecified atom stereocenters. The third-order valence-electron chi connectivity index (χ3n) is 9.51. The highest BCUT2D eigenvalue weighted by Gasteiger charge is 2.22. The second kappa shape index (κ2) is 10.1. The predicted molar refractivity (Wildman–Crippen MR) is 198 cm³/mol. The van der Waals surface area contributed by atoms with E-state index >= 15 is 0 Å². The van der Waals surface area contributed by atoms with Gasteiger partial charge in [0.05, 0.1) is 22.4 Å². The van der Waals surface area contributed by atoms with Crippen molar-refractivity contribution in [2.24, 2.45) is 0 Å². The summed E-state index contributed by atoms with van der Waals surface area (Å²) >= 11 is 0. The summed E-state index contributed by atoms with van der Waals surface area (Å²) in [7, 11) is 0. The maximum Gasteiger partial charge on any atom is 0.159 e. The molecule has 10 aromatic rings. The third-order valence-corrected chi connectivity index (χ3v) is 9.51. The molecule has 47 heavy (non-hydrogen) atoms. The lowest BCUT2D eigenvalue weighted by molar-refractivity contribution is 0.673. The first kappa shape index (κ1) is 26.0. The first-order chi connectivity index (χ1) is 23.3. The zero-order valence-corrected chi connectivity index (χ0v) is 25.5. The van der Waals surface area contributed by atoms with Crippen LogP contribution in [-0.2, 0) is 0 Å². The second-order valence-corrected chi connectivity index (χ2v) is 12.1. The molecular weight excluding hydrogens is 572 g/mol. The van der Waals surface area contributed by atoms with E-state index in [1.165, 1.54) is 32.6 Å². The van der Waals surface area contributed by atoms with Crippen LogP contribution in [0.15, 0.2) is 174 Å². The molecule has 8 aromatic carbocycles. The molecule has 0 N–H and O–H groups in total. The largest absolute Gasteiger partial charge is 0.453 e. The summed E-state index contributed by atoms with van der Waals surface area (Å²) in [4.78, 5) is 2.28. The average Bonchev–Trinajstić information content (AvgIpc) is 3.67. The highest BCUT2D eigenvalue weighted by molar-refractivity contribution is 6.21. The number of aromatic nitrogens is 1. The van der Waals surface area contributed by atoms with Gasteiger partial charge in [0.1, 0.15) is 5.58 Å². The Morgan fingerprint density at radius 3 is 1.70 bits per heavy atom. The molecule has 3 nitrogen and oxygen atoms in total. The van der Waals surface area contributed by atoms with Crippen LogP contribution in [0.1, 0.15) is 0 Å². The van der Waals surface area contributed by atoms with Gasteiger partial charge in [0.2, 0.25) is 0 Å². The van der Waals surface area contributed by atoms with E-state index < -0.39 is 0 Å². The van der Waals surface area contributed by atoms with Crippen LogP contribution in [-0.4, -0.2) is 4.57 Å². The number of anilines is 3. The zero-order chi connectivity index (χ0) is 30.9. The molecule has 0 amide bonds. The fraction of sp³-hybridized carbons (Fsp3) is 0. The summed E-state index contributed by atoms with van der Waals surface area (Å²) in [6, 6.07) is 60.6. The Morgan fingerprint density at radius 1 is 0.383 bits per heavy atom. The second-order valence-electron chi connectivity index (χ2n) is 12.1. The van der Waals surface area contributed by atoms with Gasteiger partial charge in [-0.3, -0.25) is 0 Å². The monoisotopic (exact) mass is 600 g/mol. The number of hydrogen-bond acceptors (Lipinski definition) is 2. The first-order valence-electron chi connectivity index (χ1n) is 16.0. The molecule has 2 aromatic heterocycles. The lowest BCUT2D eigenvalue weighted by atomic mass is 10.0. The highest BCUT2D eigenvalue weighted by atomic mass is 16.3. The van der Waals surface area contributed by atoms with Crippen molar-refractivity contribution in [2.75, 3.05) is 4.90 Å². The first-order valence-corrected chi connectivity index (χ1v) is 16.0. The highest BCUT2D eigenvalue weighted by Crippen LogP contribution is 2.45. The molecule has 0 saturated carbocycles. The van der Waals surface area contributed by atoms with Crippen LogP contribution >= 0.6 is 0 Å². The third kappa shape index (κ3) is 3.87. The van der Waals surface area contributed by atoms with Gasteiger partial charge in [-0.1, -0.05) is 115 Å². The lowest BCUT2D eigenvalue weighted by Crippen LogP contribution is -2.09. The predicted octanol–water partition coefficient (Wildman–Crippen LogP) is 12.5. The van der Waals surface area contributed by atoms with Crippen molar-refractivity contribution in [3.63, 3.8) is 0 Å². The van der Waals surface area contributed by atoms with E-state index in [0.29, 0.717) is 0 Å². The molecule has 0 saturated heterocycles. The summed E-state index contributed by atoms with van der Waals surface area (Å²) in [5.74, 6) is 0. The number of benzene rings is 8. The van der Waals surface area contributed by atoms with Crippen LogP contribution < -0.4 is 4.90 Å². The maximum atomic E-state index is 6.97. The van der Waals surface area contributed by atoms with E-state index in [1.54, 1.807) is 0 Å². The number of hydrogen-bond donors (Lipinski definition) is 0. The van der Waals surface area contributed by atoms with Crippen molar-refractivity contribution in [1.29, 1.82) is 0 Å². The minimum absolute atomic E-state index is 0.866. The molecule has 0 fully saturated rings. The van der Waals surface area contributed by atoms with E-state index in [0.717, 1.165) is 55.5 Å². The van der Waals surface area contributed by atoms with Gasteiger partial charge in [-0.2, -0.15) is 0 Å². The molecule has 0 aliphatic carbocycles. The fourth-order valence-electron chi connectivity index (χ4n) is 7.44. The zero-order valence-electron chi connectivity index (χ0n) is 25.5. The molecule has 2 heterocycles. The number of para-hydroxylation sites is 4. The van der Waals surface area contributed by atoms with Crippen molar-refractivity contribution in [3.05, 3.63) is 170 Å². The quantitative estimate of drug-likeness (QED) is 0.200. The summed E-state index contributed by atoms with van der Waals surface area (Å²) in [6.45, 7) is 0. The number of rotatable bonds is 4. The Morgan fingerprint density at radius 2 is 0.957 bits per heavy atom. The number of fused-ring (bicyclic) bond motifs is 9. The van der Waals surface area contributed by atoms with E-state index in [1.807, 2.05) is 0 Å². The summed E-state index contributed by atoms with van der Waals surface area (Å²) in [5.41, 5.74) is 8.46. The van der Waals surface area contributed by atoms with Crippen LogP contribution in [0.5, 0.6) is 0 Å². The van der Waals surface area contributed by atoms with E-state index in [2.05, 4.69) is 179 Å². The van der Waals surface area contributed by atoms with Crippen LogP contribution in [0.4, 0.5) is 17.1 Å². The smallest absolute Gasteiger partial charge is 0.159 e. The minimum atomic E-state index is 0.866. The van der Waals surface area contributed by atoms with Crippen molar-refractivity contribution in [1.82, 2.24) is 4.57 Å². The SMILES string of the molecule is c1ccc(N(c2ccccc2)c2cccc3c2oc2c4ccccc4c(-n4c5ccccc5c5cc6ccccc6cc54)cc32)cc1. The Bertz CT molecular complexity index is 2750. The van der Waals surface area contributed by atoms with E-state index in [4.69, 9.17) is 4.42 Å². The molecule has 0 aliphatic rings. The van der Waals surface area contributed by atoms with E-state index in [9.17, 15) is 0 Å². The Balaban J connectivity index is 1.31. The summed E-state index contributed by atoms with van der Waals surface area (Å²) < 4.78 is 9.42. The Kier molecular flexibility index (Phi) is 5.57. The Hall–Kier alpha value is -6.32. The maximum absolute atomic E-state index is 6.97. The molecule has 0 atom stereocenters. The van der Waals surface area contributed by atoms with Crippen LogP contribution in [0.3, 0.4) is 0 Å². The van der Waals surface area contributed by atoms with Gasteiger partial charge in [-0.15, -0.1) is 0 Å². The molecule has 0 radical (unpaired) electrons. The van der Waals surface area contributed by atoms with Crippen molar-refractivity contribution in [2.45, 2.75) is 0 Å². The van der Waals surface area contributed by atoms with Gasteiger partial charge in [-0.05, 0) is 65.4 Å². The molecule has 0 bridgehead atoms. The molecule has 0 spiro atoms. The van der Waals surface area contributed by atoms with Gasteiger partial charge >= 0.3 is 0 Å². The minimum Gasteiger partial charge on any atom is -0.453 e. The van der Waals surface area contributed by atoms with Crippen molar-refractivity contribution >= 4 is 82.4 Å². The Labute approximate surface area is 271 Å². The molecule has 10 rings (SSSR count). The number of nitrogens with zero attached hydrogens (tertiary/aromatic N) is 2. The molecule has 220 valence electrons. The molecule has 3 heteroatoms. The van der Waals surface area contributed by atoms with E-state index in [-0.39, 0.29) is 0 Å². The van der Waals surface area contributed by atoms with Crippen LogP contribution in [0.25, 0.3) is 71.0 Å². The van der Waals surface area contributed by atoms with Gasteiger partial charge in [0.15, 0.2) is 5.58 Å². The van der Waals surface area contributed by atoms with Gasteiger partial charge in [0, 0.05) is 43.7 Å². The average molecular weight is 601 g/mol. The number of furan rings is 1. The standard InChI is InChI=1S/C44H28N2O/c1-3-16-31(17-4-1)45(32-18-5-2-6-19-32)40-25-13-23-36-38-28-42(33-20-9-10-22-35(33)43(38)47-44(36)40)46-39-24-12-11-21-34(39)37-26-29-14-7-8-15-30(29)27-41(37)46/h1-28H. The molecular formula is C44H28N2O. The lowest BCUT2D eigenvalue weighted by Gasteiger charge is -2.25. The van der Waals surface area contributed by atoms with Gasteiger partial charge < -0.3 is 13.9 Å². The van der Waals surface area contributed by atoms with Crippen molar-refractivity contribution < 1.29 is 4.42 Å². The topological polar surface area (TPSA) is 21.3 Å². The van der Waals surface area contributed by atoms with Gasteiger partial charge in [0.25, 0.3) is 0 Å². The summed E-state index contributed by atoms with van der Waals surface area (Å²) in [5, 5.41) is 9.42. The fourth-order valence-corrected chi connectivity index (χ4v) is 7.44. The van der Waals surface area contributed by atoms with Gasteiger partial charge in [-0.25, -0.2) is 0 Å². The van der Waals surface area contributed by atoms with Crippen LogP contribution in [0, 0.1) is 0 Å². The normalized spacial score (nSPS) is 11.8. The summed E-state index contributed by atoms with van der Waals surface area (Å²) in [6.07, 6.45) is 0. The van der Waals surface area contributed by atoms with Crippen molar-refractivity contribution in [3.8, 4) is 5.69 Å². The molecule has 0 aliphatic heterocycles.